The van der Waals surface area contributed by atoms with E-state index in [-0.39, 0.29) is 0 Å². The van der Waals surface area contributed by atoms with Gasteiger partial charge in [0.15, 0.2) is 0 Å². The predicted molar refractivity (Wildman–Crippen MR) is 89.5 cm³/mol. The van der Waals surface area contributed by atoms with Gasteiger partial charge < -0.3 is 9.64 Å². The minimum atomic E-state index is 0.323. The number of rotatable bonds is 4. The highest BCUT2D eigenvalue weighted by Gasteiger charge is 2.25. The van der Waals surface area contributed by atoms with Crippen LogP contribution in [0.25, 0.3) is 0 Å². The van der Waals surface area contributed by atoms with E-state index in [4.69, 9.17) is 4.74 Å². The zero-order valence-electron chi connectivity index (χ0n) is 13.8. The Morgan fingerprint density at radius 1 is 1.26 bits per heavy atom. The molecule has 0 saturated carbocycles. The van der Waals surface area contributed by atoms with Gasteiger partial charge in [0.1, 0.15) is 6.07 Å². The summed E-state index contributed by atoms with van der Waals surface area (Å²) in [6, 6.07) is 4.05. The van der Waals surface area contributed by atoms with Crippen LogP contribution in [0.15, 0.2) is 18.5 Å². The lowest BCUT2D eigenvalue weighted by atomic mass is 10.2. The fraction of sp³-hybridized carbons (Fsp3) is 0.647. The van der Waals surface area contributed by atoms with E-state index in [2.05, 4.69) is 32.7 Å². The van der Waals surface area contributed by atoms with E-state index in [9.17, 15) is 5.26 Å². The molecule has 0 bridgehead atoms. The first-order valence-corrected chi connectivity index (χ1v) is 8.45. The first-order chi connectivity index (χ1) is 11.3. The number of morpholine rings is 1. The summed E-state index contributed by atoms with van der Waals surface area (Å²) in [5.41, 5.74) is 1.67. The molecule has 3 rings (SSSR count). The molecule has 0 amide bonds. The van der Waals surface area contributed by atoms with Crippen LogP contribution < -0.4 is 4.90 Å². The molecule has 0 N–H and O–H groups in total. The molecule has 2 aliphatic rings. The van der Waals surface area contributed by atoms with Crippen LogP contribution in [-0.2, 0) is 4.74 Å². The van der Waals surface area contributed by atoms with Gasteiger partial charge in [-0.2, -0.15) is 5.26 Å². The Balaban J connectivity index is 1.52. The Kier molecular flexibility index (Phi) is 5.44. The second kappa shape index (κ2) is 7.73. The van der Waals surface area contributed by atoms with Gasteiger partial charge in [0.05, 0.1) is 30.2 Å². The van der Waals surface area contributed by atoms with Crippen molar-refractivity contribution in [1.29, 1.82) is 5.26 Å². The summed E-state index contributed by atoms with van der Waals surface area (Å²) in [6.07, 6.45) is 3.80. The Morgan fingerprint density at radius 2 is 2.09 bits per heavy atom. The number of anilines is 1. The molecule has 1 aromatic rings. The Bertz CT molecular complexity index is 550. The summed E-state index contributed by atoms with van der Waals surface area (Å²) in [6.45, 7) is 11.1. The summed E-state index contributed by atoms with van der Waals surface area (Å²) in [4.78, 5) is 11.4. The van der Waals surface area contributed by atoms with Crippen LogP contribution in [0.3, 0.4) is 0 Å². The lowest BCUT2D eigenvalue weighted by molar-refractivity contribution is -0.0422. The van der Waals surface area contributed by atoms with Gasteiger partial charge >= 0.3 is 0 Å². The number of nitriles is 1. The summed E-state index contributed by atoms with van der Waals surface area (Å²) >= 11 is 0. The fourth-order valence-electron chi connectivity index (χ4n) is 3.37. The quantitative estimate of drug-likeness (QED) is 0.819. The standard InChI is InChI=1S/C17H25N5O/c1-2-20-9-10-23-16(13-20)14-21-5-7-22(8-6-21)17-12-19-4-3-15(17)11-18/h3-4,12,16H,2,5-10,13-14H2,1H3. The lowest BCUT2D eigenvalue weighted by Crippen LogP contribution is -2.52. The zero-order valence-corrected chi connectivity index (χ0v) is 13.8. The molecule has 6 nitrogen and oxygen atoms in total. The van der Waals surface area contributed by atoms with E-state index in [0.29, 0.717) is 11.7 Å². The molecule has 124 valence electrons. The monoisotopic (exact) mass is 315 g/mol. The summed E-state index contributed by atoms with van der Waals surface area (Å²) in [7, 11) is 0. The number of hydrogen-bond donors (Lipinski definition) is 0. The van der Waals surface area contributed by atoms with Crippen molar-refractivity contribution >= 4 is 5.69 Å². The van der Waals surface area contributed by atoms with Gasteiger partial charge in [0.25, 0.3) is 0 Å². The predicted octanol–water partition coefficient (Wildman–Crippen LogP) is 0.796. The number of hydrogen-bond acceptors (Lipinski definition) is 6. The molecular weight excluding hydrogens is 290 g/mol. The molecule has 3 heterocycles. The van der Waals surface area contributed by atoms with E-state index in [1.54, 1.807) is 18.5 Å². The molecule has 0 aliphatic carbocycles. The number of aromatic nitrogens is 1. The SMILES string of the molecule is CCN1CCOC(CN2CCN(c3cnccc3C#N)CC2)C1. The van der Waals surface area contributed by atoms with E-state index in [0.717, 1.165) is 64.7 Å². The van der Waals surface area contributed by atoms with Crippen LogP contribution in [-0.4, -0.2) is 79.9 Å². The average Bonchev–Trinajstić information content (AvgIpc) is 2.62. The third kappa shape index (κ3) is 3.99. The van der Waals surface area contributed by atoms with Crippen molar-refractivity contribution in [3.05, 3.63) is 24.0 Å². The second-order valence-electron chi connectivity index (χ2n) is 6.18. The summed E-state index contributed by atoms with van der Waals surface area (Å²) in [5, 5.41) is 9.23. The van der Waals surface area contributed by atoms with Crippen molar-refractivity contribution < 1.29 is 4.74 Å². The second-order valence-corrected chi connectivity index (χ2v) is 6.18. The minimum Gasteiger partial charge on any atom is -0.374 e. The molecule has 2 saturated heterocycles. The molecule has 1 aromatic heterocycles. The molecule has 2 fully saturated rings. The number of piperazine rings is 1. The zero-order chi connectivity index (χ0) is 16.1. The minimum absolute atomic E-state index is 0.323. The van der Waals surface area contributed by atoms with Gasteiger partial charge in [-0.1, -0.05) is 6.92 Å². The van der Waals surface area contributed by atoms with Crippen molar-refractivity contribution in [2.75, 3.05) is 63.9 Å². The van der Waals surface area contributed by atoms with E-state index >= 15 is 0 Å². The highest BCUT2D eigenvalue weighted by molar-refractivity contribution is 5.57. The van der Waals surface area contributed by atoms with Crippen LogP contribution in [0.4, 0.5) is 5.69 Å². The van der Waals surface area contributed by atoms with Crippen molar-refractivity contribution in [3.63, 3.8) is 0 Å². The van der Waals surface area contributed by atoms with E-state index in [1.165, 1.54) is 0 Å². The van der Waals surface area contributed by atoms with Gasteiger partial charge in [-0.25, -0.2) is 0 Å². The Hall–Kier alpha value is -1.68. The number of pyridine rings is 1. The van der Waals surface area contributed by atoms with Crippen LogP contribution in [0.5, 0.6) is 0 Å². The van der Waals surface area contributed by atoms with Crippen molar-refractivity contribution in [2.24, 2.45) is 0 Å². The third-order valence-electron chi connectivity index (χ3n) is 4.77. The highest BCUT2D eigenvalue weighted by atomic mass is 16.5. The first kappa shape index (κ1) is 16.2. The van der Waals surface area contributed by atoms with Crippen LogP contribution in [0.2, 0.25) is 0 Å². The molecule has 6 heteroatoms. The van der Waals surface area contributed by atoms with Gasteiger partial charge in [-0.15, -0.1) is 0 Å². The van der Waals surface area contributed by atoms with Crippen LogP contribution in [0.1, 0.15) is 12.5 Å². The highest BCUT2D eigenvalue weighted by Crippen LogP contribution is 2.20. The maximum Gasteiger partial charge on any atom is 0.101 e. The van der Waals surface area contributed by atoms with Gasteiger partial charge in [-0.05, 0) is 12.6 Å². The Morgan fingerprint density at radius 3 is 2.83 bits per heavy atom. The first-order valence-electron chi connectivity index (χ1n) is 8.45. The largest absolute Gasteiger partial charge is 0.374 e. The topological polar surface area (TPSA) is 55.6 Å². The molecule has 0 aromatic carbocycles. The molecule has 1 unspecified atom stereocenters. The molecule has 23 heavy (non-hydrogen) atoms. The van der Waals surface area contributed by atoms with Gasteiger partial charge in [0, 0.05) is 52.0 Å². The fourth-order valence-corrected chi connectivity index (χ4v) is 3.37. The van der Waals surface area contributed by atoms with Gasteiger partial charge in [-0.3, -0.25) is 14.8 Å². The molecule has 0 radical (unpaired) electrons. The number of likely N-dealkylation sites (N-methyl/N-ethyl adjacent to an activating group) is 1. The van der Waals surface area contributed by atoms with Gasteiger partial charge in [0.2, 0.25) is 0 Å². The number of nitrogens with zero attached hydrogens (tertiary/aromatic N) is 5. The van der Waals surface area contributed by atoms with E-state index < -0.39 is 0 Å². The maximum absolute atomic E-state index is 9.23. The average molecular weight is 315 g/mol. The lowest BCUT2D eigenvalue weighted by Gasteiger charge is -2.39. The normalized spacial score (nSPS) is 23.7. The maximum atomic E-state index is 9.23. The van der Waals surface area contributed by atoms with Crippen molar-refractivity contribution in [1.82, 2.24) is 14.8 Å². The molecular formula is C17H25N5O. The number of ether oxygens (including phenoxy) is 1. The molecule has 1 atom stereocenters. The molecule has 2 aliphatic heterocycles. The van der Waals surface area contributed by atoms with Crippen molar-refractivity contribution in [3.8, 4) is 6.07 Å². The molecule has 0 spiro atoms. The van der Waals surface area contributed by atoms with Crippen LogP contribution in [0, 0.1) is 11.3 Å². The Labute approximate surface area is 138 Å². The smallest absolute Gasteiger partial charge is 0.101 e. The summed E-state index contributed by atoms with van der Waals surface area (Å²) in [5.74, 6) is 0. The van der Waals surface area contributed by atoms with Crippen molar-refractivity contribution in [2.45, 2.75) is 13.0 Å². The van der Waals surface area contributed by atoms with Crippen LogP contribution >= 0.6 is 0 Å². The van der Waals surface area contributed by atoms with E-state index in [1.807, 2.05) is 0 Å². The summed E-state index contributed by atoms with van der Waals surface area (Å²) < 4.78 is 5.91. The third-order valence-corrected chi connectivity index (χ3v) is 4.77.